The van der Waals surface area contributed by atoms with Crippen LogP contribution in [0.3, 0.4) is 0 Å². The zero-order chi connectivity index (χ0) is 12.7. The Kier molecular flexibility index (Phi) is 5.57. The minimum absolute atomic E-state index is 0.250. The summed E-state index contributed by atoms with van der Waals surface area (Å²) in [6.45, 7) is 1.93. The predicted octanol–water partition coefficient (Wildman–Crippen LogP) is 1.64. The third-order valence-corrected chi connectivity index (χ3v) is 1.34. The van der Waals surface area contributed by atoms with Gasteiger partial charge in [-0.1, -0.05) is 6.07 Å². The maximum atomic E-state index is 12.7. The fraction of sp³-hybridized carbons (Fsp3) is 0.250. The third-order valence-electron chi connectivity index (χ3n) is 1.34. The topological polar surface area (TPSA) is 107 Å². The number of halogens is 1. The van der Waals surface area contributed by atoms with E-state index in [1.807, 2.05) is 0 Å². The van der Waals surface area contributed by atoms with Crippen molar-refractivity contribution in [2.45, 2.75) is 6.92 Å². The van der Waals surface area contributed by atoms with Crippen LogP contribution in [-0.2, 0) is 0 Å². The fourth-order valence-corrected chi connectivity index (χ4v) is 0.832. The van der Waals surface area contributed by atoms with Crippen LogP contribution in [0.5, 0.6) is 0 Å². The molecule has 0 heterocycles. The van der Waals surface area contributed by atoms with Crippen LogP contribution in [0.2, 0.25) is 0 Å². The summed E-state index contributed by atoms with van der Waals surface area (Å²) >= 11 is 0. The van der Waals surface area contributed by atoms with E-state index in [1.165, 1.54) is 0 Å². The first-order chi connectivity index (χ1) is 7.45. The maximum absolute atomic E-state index is 12.7. The van der Waals surface area contributed by atoms with Gasteiger partial charge in [0, 0.05) is 12.7 Å². The first-order valence-corrected chi connectivity index (χ1v) is 4.13. The van der Waals surface area contributed by atoms with E-state index in [4.69, 9.17) is 5.11 Å². The third kappa shape index (κ3) is 3.58. The second-order valence-electron chi connectivity index (χ2n) is 2.44. The molecule has 0 radical (unpaired) electrons. The molecule has 0 spiro atoms. The number of nitro groups is 2. The molecule has 0 atom stereocenters. The number of para-hydroxylation sites is 1. The average molecular weight is 232 g/mol. The Morgan fingerprint density at radius 2 is 1.81 bits per heavy atom. The van der Waals surface area contributed by atoms with Crippen molar-refractivity contribution in [1.82, 2.24) is 0 Å². The van der Waals surface area contributed by atoms with Crippen LogP contribution in [0, 0.1) is 26.0 Å². The van der Waals surface area contributed by atoms with Crippen molar-refractivity contribution in [2.75, 3.05) is 6.61 Å². The molecule has 0 aliphatic carbocycles. The van der Waals surface area contributed by atoms with Crippen LogP contribution in [0.4, 0.5) is 15.8 Å². The summed E-state index contributed by atoms with van der Waals surface area (Å²) in [4.78, 5) is 18.3. The summed E-state index contributed by atoms with van der Waals surface area (Å²) in [7, 11) is 0. The van der Waals surface area contributed by atoms with Gasteiger partial charge in [-0.3, -0.25) is 20.2 Å². The molecule has 0 bridgehead atoms. The van der Waals surface area contributed by atoms with Crippen molar-refractivity contribution in [3.8, 4) is 0 Å². The van der Waals surface area contributed by atoms with Crippen molar-refractivity contribution in [3.05, 3.63) is 44.2 Å². The van der Waals surface area contributed by atoms with E-state index in [1.54, 1.807) is 6.92 Å². The summed E-state index contributed by atoms with van der Waals surface area (Å²) in [5.41, 5.74) is -1.95. The molecule has 7 nitrogen and oxygen atoms in total. The van der Waals surface area contributed by atoms with Crippen LogP contribution < -0.4 is 0 Å². The highest BCUT2D eigenvalue weighted by molar-refractivity contribution is 5.52. The molecule has 0 saturated carbocycles. The Morgan fingerprint density at radius 3 is 2.12 bits per heavy atom. The molecule has 88 valence electrons. The lowest BCUT2D eigenvalue weighted by molar-refractivity contribution is -0.424. The lowest BCUT2D eigenvalue weighted by Gasteiger charge is -1.94. The molecule has 16 heavy (non-hydrogen) atoms. The molecule has 0 saturated heterocycles. The summed E-state index contributed by atoms with van der Waals surface area (Å²) in [6.07, 6.45) is 0. The van der Waals surface area contributed by atoms with E-state index in [-0.39, 0.29) is 6.61 Å². The van der Waals surface area contributed by atoms with Crippen molar-refractivity contribution in [3.63, 3.8) is 0 Å². The fourth-order valence-electron chi connectivity index (χ4n) is 0.832. The summed E-state index contributed by atoms with van der Waals surface area (Å²) in [5.74, 6) is -1.21. The standard InChI is InChI=1S/C6H3FN2O4.C2H6O/c7-4-2-1-3-5(8(10)11)6(4)9(12)13;1-2-3/h1-3H;3H,2H2,1H3. The van der Waals surface area contributed by atoms with E-state index in [0.717, 1.165) is 18.2 Å². The Labute approximate surface area is 89.4 Å². The largest absolute Gasteiger partial charge is 0.397 e. The molecule has 0 fully saturated rings. The van der Waals surface area contributed by atoms with Gasteiger partial charge >= 0.3 is 11.4 Å². The van der Waals surface area contributed by atoms with Crippen molar-refractivity contribution in [1.29, 1.82) is 0 Å². The van der Waals surface area contributed by atoms with Gasteiger partial charge in [-0.05, 0) is 13.0 Å². The van der Waals surface area contributed by atoms with Gasteiger partial charge in [-0.2, -0.15) is 4.39 Å². The van der Waals surface area contributed by atoms with Crippen LogP contribution in [-0.4, -0.2) is 21.6 Å². The molecule has 1 aromatic rings. The number of aliphatic hydroxyl groups is 1. The molecule has 0 aliphatic heterocycles. The monoisotopic (exact) mass is 232 g/mol. The maximum Gasteiger partial charge on any atom is 0.381 e. The zero-order valence-corrected chi connectivity index (χ0v) is 8.29. The van der Waals surface area contributed by atoms with Crippen LogP contribution in [0.1, 0.15) is 6.92 Å². The minimum Gasteiger partial charge on any atom is -0.397 e. The number of nitrogens with zero attached hydrogens (tertiary/aromatic N) is 2. The van der Waals surface area contributed by atoms with Gasteiger partial charge in [0.05, 0.1) is 9.85 Å². The Bertz CT molecular complexity index is 396. The number of benzene rings is 1. The van der Waals surface area contributed by atoms with E-state index < -0.39 is 27.0 Å². The molecule has 0 aliphatic rings. The van der Waals surface area contributed by atoms with Gasteiger partial charge < -0.3 is 5.11 Å². The predicted molar refractivity (Wildman–Crippen MR) is 52.5 cm³/mol. The Hall–Kier alpha value is -2.09. The summed E-state index contributed by atoms with van der Waals surface area (Å²) < 4.78 is 12.7. The van der Waals surface area contributed by atoms with Gasteiger partial charge in [0.1, 0.15) is 0 Å². The van der Waals surface area contributed by atoms with Crippen LogP contribution in [0.25, 0.3) is 0 Å². The molecule has 0 unspecified atom stereocenters. The van der Waals surface area contributed by atoms with E-state index in [9.17, 15) is 24.6 Å². The molecule has 1 N–H and O–H groups in total. The van der Waals surface area contributed by atoms with Gasteiger partial charge in [-0.15, -0.1) is 0 Å². The van der Waals surface area contributed by atoms with E-state index in [0.29, 0.717) is 0 Å². The smallest absolute Gasteiger partial charge is 0.381 e. The highest BCUT2D eigenvalue weighted by Gasteiger charge is 2.28. The van der Waals surface area contributed by atoms with E-state index in [2.05, 4.69) is 0 Å². The quantitative estimate of drug-likeness (QED) is 0.616. The first kappa shape index (κ1) is 13.9. The van der Waals surface area contributed by atoms with Gasteiger partial charge in [-0.25, -0.2) is 0 Å². The molecule has 1 aromatic carbocycles. The number of hydrogen-bond acceptors (Lipinski definition) is 5. The van der Waals surface area contributed by atoms with Gasteiger partial charge in [0.25, 0.3) is 0 Å². The second-order valence-corrected chi connectivity index (χ2v) is 2.44. The number of nitro benzene ring substituents is 2. The molecule has 1 rings (SSSR count). The van der Waals surface area contributed by atoms with E-state index >= 15 is 0 Å². The number of aliphatic hydroxyl groups excluding tert-OH is 1. The first-order valence-electron chi connectivity index (χ1n) is 4.13. The normalized spacial score (nSPS) is 8.94. The summed E-state index contributed by atoms with van der Waals surface area (Å²) in [5, 5.41) is 28.0. The average Bonchev–Trinajstić information content (AvgIpc) is 2.17. The minimum atomic E-state index is -1.21. The molecular weight excluding hydrogens is 223 g/mol. The Balaban J connectivity index is 0.000000673. The summed E-state index contributed by atoms with van der Waals surface area (Å²) in [6, 6.07) is 2.72. The highest BCUT2D eigenvalue weighted by atomic mass is 19.1. The molecular formula is C8H9FN2O5. The second kappa shape index (κ2) is 6.40. The highest BCUT2D eigenvalue weighted by Crippen LogP contribution is 2.28. The van der Waals surface area contributed by atoms with Gasteiger partial charge in [0.15, 0.2) is 0 Å². The lowest BCUT2D eigenvalue weighted by Crippen LogP contribution is -1.98. The zero-order valence-electron chi connectivity index (χ0n) is 8.29. The van der Waals surface area contributed by atoms with Gasteiger partial charge in [0.2, 0.25) is 5.82 Å². The van der Waals surface area contributed by atoms with Crippen molar-refractivity contribution >= 4 is 11.4 Å². The Morgan fingerprint density at radius 1 is 1.31 bits per heavy atom. The SMILES string of the molecule is CCO.O=[N+]([O-])c1cccc(F)c1[N+](=O)[O-]. The van der Waals surface area contributed by atoms with Crippen LogP contribution in [0.15, 0.2) is 18.2 Å². The number of rotatable bonds is 2. The molecule has 0 amide bonds. The molecule has 0 aromatic heterocycles. The number of hydrogen-bond donors (Lipinski definition) is 1. The lowest BCUT2D eigenvalue weighted by atomic mass is 10.2. The van der Waals surface area contributed by atoms with Crippen molar-refractivity contribution < 1.29 is 19.3 Å². The molecule has 8 heteroatoms. The van der Waals surface area contributed by atoms with Crippen LogP contribution >= 0.6 is 0 Å². The van der Waals surface area contributed by atoms with Crippen molar-refractivity contribution in [2.24, 2.45) is 0 Å².